The number of likely N-dealkylation sites (tertiary alicyclic amines) is 1. The molecule has 1 aliphatic heterocycles. The number of hydrogen-bond acceptors (Lipinski definition) is 2. The van der Waals surface area contributed by atoms with Gasteiger partial charge in [0.1, 0.15) is 5.75 Å². The molecule has 4 rings (SSSR count). The third-order valence-corrected chi connectivity index (χ3v) is 7.08. The highest BCUT2D eigenvalue weighted by Gasteiger charge is 2.30. The molecule has 0 N–H and O–H groups in total. The largest absolute Gasteiger partial charge is 0.497 e. The van der Waals surface area contributed by atoms with E-state index in [0.717, 1.165) is 24.0 Å². The molecule has 0 unspecified atom stereocenters. The average Bonchev–Trinajstić information content (AvgIpc) is 2.79. The lowest BCUT2D eigenvalue weighted by molar-refractivity contribution is 0.0941. The van der Waals surface area contributed by atoms with Gasteiger partial charge in [-0.3, -0.25) is 4.90 Å². The number of nitrogens with zero attached hydrogens (tertiary/aromatic N) is 1. The molecule has 1 saturated carbocycles. The van der Waals surface area contributed by atoms with Gasteiger partial charge in [0.25, 0.3) is 0 Å². The summed E-state index contributed by atoms with van der Waals surface area (Å²) in [6, 6.07) is 20.2. The Kier molecular flexibility index (Phi) is 6.69. The Bertz CT molecular complexity index is 714. The van der Waals surface area contributed by atoms with Crippen molar-refractivity contribution in [2.75, 3.05) is 20.2 Å². The van der Waals surface area contributed by atoms with Crippen LogP contribution in [0, 0.1) is 11.8 Å². The summed E-state index contributed by atoms with van der Waals surface area (Å²) in [4.78, 5) is 2.74. The molecular weight excluding hydrogens is 342 g/mol. The van der Waals surface area contributed by atoms with Crippen molar-refractivity contribution >= 4 is 0 Å². The molecule has 0 aromatic heterocycles. The number of piperidine rings is 1. The van der Waals surface area contributed by atoms with Crippen LogP contribution in [-0.2, 0) is 6.42 Å². The van der Waals surface area contributed by atoms with Gasteiger partial charge in [-0.25, -0.2) is 0 Å². The van der Waals surface area contributed by atoms with Crippen LogP contribution in [0.3, 0.4) is 0 Å². The molecule has 150 valence electrons. The van der Waals surface area contributed by atoms with E-state index in [1.165, 1.54) is 69.2 Å². The van der Waals surface area contributed by atoms with Crippen LogP contribution in [0.1, 0.15) is 62.1 Å². The van der Waals surface area contributed by atoms with Gasteiger partial charge in [-0.05, 0) is 67.4 Å². The van der Waals surface area contributed by atoms with Gasteiger partial charge in [0, 0.05) is 6.04 Å². The second-order valence-electron chi connectivity index (χ2n) is 8.75. The Labute approximate surface area is 170 Å². The van der Waals surface area contributed by atoms with Crippen LogP contribution in [0.2, 0.25) is 0 Å². The second-order valence-corrected chi connectivity index (χ2v) is 8.75. The highest BCUT2D eigenvalue weighted by molar-refractivity contribution is 5.31. The van der Waals surface area contributed by atoms with E-state index in [1.54, 1.807) is 7.11 Å². The minimum Gasteiger partial charge on any atom is -0.497 e. The normalized spacial score (nSPS) is 20.8. The van der Waals surface area contributed by atoms with Crippen molar-refractivity contribution in [2.45, 2.75) is 57.4 Å². The molecule has 2 nitrogen and oxygen atoms in total. The zero-order valence-corrected chi connectivity index (χ0v) is 17.4. The van der Waals surface area contributed by atoms with E-state index in [-0.39, 0.29) is 0 Å². The van der Waals surface area contributed by atoms with Gasteiger partial charge < -0.3 is 4.74 Å². The topological polar surface area (TPSA) is 12.5 Å². The van der Waals surface area contributed by atoms with E-state index >= 15 is 0 Å². The molecule has 0 spiro atoms. The van der Waals surface area contributed by atoms with Gasteiger partial charge in [0.15, 0.2) is 0 Å². The Morgan fingerprint density at radius 2 is 1.57 bits per heavy atom. The second kappa shape index (κ2) is 9.60. The summed E-state index contributed by atoms with van der Waals surface area (Å²) in [5.41, 5.74) is 2.81. The van der Waals surface area contributed by atoms with Crippen LogP contribution in [-0.4, -0.2) is 25.1 Å². The fourth-order valence-electron chi connectivity index (χ4n) is 5.46. The molecule has 28 heavy (non-hydrogen) atoms. The first-order chi connectivity index (χ1) is 13.8. The summed E-state index contributed by atoms with van der Waals surface area (Å²) in [5.74, 6) is 2.93. The SMILES string of the molecule is COc1cccc(C[C@@H](c2ccccc2)N2CCC(C3CCCCC3)CC2)c1. The Balaban J connectivity index is 1.46. The zero-order chi connectivity index (χ0) is 19.2. The lowest BCUT2D eigenvalue weighted by Gasteiger charge is -2.41. The zero-order valence-electron chi connectivity index (χ0n) is 17.4. The summed E-state index contributed by atoms with van der Waals surface area (Å²) in [5, 5.41) is 0. The van der Waals surface area contributed by atoms with Crippen molar-refractivity contribution in [3.8, 4) is 5.75 Å². The van der Waals surface area contributed by atoms with Gasteiger partial charge in [0.05, 0.1) is 7.11 Å². The van der Waals surface area contributed by atoms with Crippen molar-refractivity contribution in [3.63, 3.8) is 0 Å². The molecule has 0 radical (unpaired) electrons. The first-order valence-corrected chi connectivity index (χ1v) is 11.3. The molecule has 2 fully saturated rings. The van der Waals surface area contributed by atoms with Gasteiger partial charge >= 0.3 is 0 Å². The number of rotatable bonds is 6. The van der Waals surface area contributed by atoms with Crippen molar-refractivity contribution in [2.24, 2.45) is 11.8 Å². The lowest BCUT2D eigenvalue weighted by Crippen LogP contribution is -2.39. The highest BCUT2D eigenvalue weighted by atomic mass is 16.5. The van der Waals surface area contributed by atoms with Crippen LogP contribution in [0.25, 0.3) is 0 Å². The summed E-state index contributed by atoms with van der Waals surface area (Å²) in [7, 11) is 1.75. The van der Waals surface area contributed by atoms with E-state index in [1.807, 2.05) is 6.07 Å². The van der Waals surface area contributed by atoms with E-state index in [0.29, 0.717) is 6.04 Å². The van der Waals surface area contributed by atoms with Crippen molar-refractivity contribution < 1.29 is 4.74 Å². The summed E-state index contributed by atoms with van der Waals surface area (Å²) in [6.45, 7) is 2.48. The van der Waals surface area contributed by atoms with Crippen LogP contribution in [0.5, 0.6) is 5.75 Å². The van der Waals surface area contributed by atoms with Gasteiger partial charge in [0.2, 0.25) is 0 Å². The van der Waals surface area contributed by atoms with E-state index in [4.69, 9.17) is 4.74 Å². The van der Waals surface area contributed by atoms with E-state index in [9.17, 15) is 0 Å². The molecular formula is C26H35NO. The minimum absolute atomic E-state index is 0.459. The summed E-state index contributed by atoms with van der Waals surface area (Å²) < 4.78 is 5.46. The quantitative estimate of drug-likeness (QED) is 0.588. The number of hydrogen-bond donors (Lipinski definition) is 0. The number of methoxy groups -OCH3 is 1. The first-order valence-electron chi connectivity index (χ1n) is 11.3. The van der Waals surface area contributed by atoms with Crippen LogP contribution >= 0.6 is 0 Å². The average molecular weight is 378 g/mol. The van der Waals surface area contributed by atoms with E-state index < -0.39 is 0 Å². The molecule has 1 aliphatic carbocycles. The molecule has 1 heterocycles. The fraction of sp³-hybridized carbons (Fsp3) is 0.538. The maximum atomic E-state index is 5.46. The van der Waals surface area contributed by atoms with Gasteiger partial charge in [-0.2, -0.15) is 0 Å². The number of benzene rings is 2. The molecule has 2 heteroatoms. The Hall–Kier alpha value is -1.80. The first kappa shape index (κ1) is 19.5. The van der Waals surface area contributed by atoms with Gasteiger partial charge in [-0.1, -0.05) is 74.6 Å². The monoisotopic (exact) mass is 377 g/mol. The summed E-state index contributed by atoms with van der Waals surface area (Å²) >= 11 is 0. The highest BCUT2D eigenvalue weighted by Crippen LogP contribution is 2.38. The standard InChI is InChI=1S/C26H35NO/c1-28-25-14-8-9-21(19-25)20-26(24-12-6-3-7-13-24)27-17-15-23(16-18-27)22-10-4-2-5-11-22/h3,6-9,12-14,19,22-23,26H,2,4-5,10-11,15-18,20H2,1H3/t26-/m0/s1. The van der Waals surface area contributed by atoms with Crippen molar-refractivity contribution in [1.82, 2.24) is 4.90 Å². The molecule has 0 amide bonds. The van der Waals surface area contributed by atoms with E-state index in [2.05, 4.69) is 53.4 Å². The molecule has 2 aromatic rings. The smallest absolute Gasteiger partial charge is 0.119 e. The number of ether oxygens (including phenoxy) is 1. The van der Waals surface area contributed by atoms with Crippen molar-refractivity contribution in [3.05, 3.63) is 65.7 Å². The minimum atomic E-state index is 0.459. The van der Waals surface area contributed by atoms with Gasteiger partial charge in [-0.15, -0.1) is 0 Å². The van der Waals surface area contributed by atoms with Crippen LogP contribution in [0.4, 0.5) is 0 Å². The Morgan fingerprint density at radius 1 is 0.857 bits per heavy atom. The maximum absolute atomic E-state index is 5.46. The van der Waals surface area contributed by atoms with Crippen LogP contribution in [0.15, 0.2) is 54.6 Å². The molecule has 0 bridgehead atoms. The molecule has 2 aliphatic rings. The third-order valence-electron chi connectivity index (χ3n) is 7.08. The Morgan fingerprint density at radius 3 is 2.29 bits per heavy atom. The molecule has 2 aromatic carbocycles. The van der Waals surface area contributed by atoms with Crippen molar-refractivity contribution in [1.29, 1.82) is 0 Å². The summed E-state index contributed by atoms with van der Waals surface area (Å²) in [6.07, 6.45) is 11.2. The lowest BCUT2D eigenvalue weighted by atomic mass is 9.75. The predicted molar refractivity (Wildman–Crippen MR) is 117 cm³/mol. The maximum Gasteiger partial charge on any atom is 0.119 e. The molecule has 1 saturated heterocycles. The third kappa shape index (κ3) is 4.78. The molecule has 1 atom stereocenters. The predicted octanol–water partition coefficient (Wildman–Crippen LogP) is 6.27. The van der Waals surface area contributed by atoms with Crippen LogP contribution < -0.4 is 4.74 Å². The fourth-order valence-corrected chi connectivity index (χ4v) is 5.46.